The van der Waals surface area contributed by atoms with E-state index in [2.05, 4.69) is 10.2 Å². The molecule has 1 atom stereocenters. The minimum absolute atomic E-state index is 0.150. The predicted molar refractivity (Wildman–Crippen MR) is 69.1 cm³/mol. The zero-order valence-electron chi connectivity index (χ0n) is 11.0. The third kappa shape index (κ3) is 4.18. The number of likely N-dealkylation sites (tertiary alicyclic amines) is 1. The number of halogens is 4. The van der Waals surface area contributed by atoms with E-state index in [-0.39, 0.29) is 6.04 Å². The second kappa shape index (κ2) is 6.54. The van der Waals surface area contributed by atoms with Gasteiger partial charge >= 0.3 is 12.3 Å². The Kier molecular flexibility index (Phi) is 4.99. The quantitative estimate of drug-likeness (QED) is 0.810. The molecule has 0 saturated carbocycles. The van der Waals surface area contributed by atoms with Crippen molar-refractivity contribution < 1.29 is 17.6 Å². The second-order valence-electron chi connectivity index (χ2n) is 5.15. The maximum Gasteiger partial charge on any atom is 0.319 e. The van der Waals surface area contributed by atoms with Gasteiger partial charge in [-0.1, -0.05) is 30.3 Å². The molecule has 6 heteroatoms. The van der Waals surface area contributed by atoms with Crippen LogP contribution in [0.2, 0.25) is 0 Å². The fraction of sp³-hybridized carbons (Fsp3) is 0.571. The maximum atomic E-state index is 12.8. The Morgan fingerprint density at radius 3 is 2.60 bits per heavy atom. The fourth-order valence-electron chi connectivity index (χ4n) is 2.34. The molecule has 1 N–H and O–H groups in total. The molecule has 0 aliphatic carbocycles. The van der Waals surface area contributed by atoms with Crippen molar-refractivity contribution in [2.24, 2.45) is 0 Å². The number of rotatable bonds is 6. The molecule has 0 amide bonds. The largest absolute Gasteiger partial charge is 0.319 e. The van der Waals surface area contributed by atoms with Gasteiger partial charge in [0.2, 0.25) is 0 Å². The first kappa shape index (κ1) is 15.3. The van der Waals surface area contributed by atoms with E-state index in [0.717, 1.165) is 18.7 Å². The second-order valence-corrected chi connectivity index (χ2v) is 5.15. The highest BCUT2D eigenvalue weighted by molar-refractivity contribution is 5.14. The van der Waals surface area contributed by atoms with Crippen molar-refractivity contribution in [3.8, 4) is 0 Å². The summed E-state index contributed by atoms with van der Waals surface area (Å²) in [6.07, 6.45) is -2.91. The molecule has 1 saturated heterocycles. The lowest BCUT2D eigenvalue weighted by Crippen LogP contribution is -2.44. The van der Waals surface area contributed by atoms with Gasteiger partial charge in [-0.25, -0.2) is 8.78 Å². The van der Waals surface area contributed by atoms with Crippen LogP contribution in [0.1, 0.15) is 12.0 Å². The molecule has 1 heterocycles. The van der Waals surface area contributed by atoms with E-state index < -0.39 is 18.9 Å². The van der Waals surface area contributed by atoms with Crippen LogP contribution in [0.15, 0.2) is 30.3 Å². The number of nitrogens with zero attached hydrogens (tertiary/aromatic N) is 1. The van der Waals surface area contributed by atoms with Crippen LogP contribution < -0.4 is 5.32 Å². The SMILES string of the molecule is FC(F)C(F)(F)CNC1CCN(Cc2ccccc2)C1. The van der Waals surface area contributed by atoms with Crippen LogP contribution in [-0.2, 0) is 6.54 Å². The Morgan fingerprint density at radius 1 is 1.25 bits per heavy atom. The van der Waals surface area contributed by atoms with E-state index in [9.17, 15) is 17.6 Å². The first-order chi connectivity index (χ1) is 9.47. The Bertz CT molecular complexity index is 411. The Balaban J connectivity index is 1.75. The monoisotopic (exact) mass is 290 g/mol. The summed E-state index contributed by atoms with van der Waals surface area (Å²) in [7, 11) is 0. The van der Waals surface area contributed by atoms with Gasteiger partial charge in [0.05, 0.1) is 6.54 Å². The molecule has 0 bridgehead atoms. The van der Waals surface area contributed by atoms with Crippen molar-refractivity contribution in [2.75, 3.05) is 19.6 Å². The van der Waals surface area contributed by atoms with E-state index in [1.54, 1.807) is 0 Å². The fourth-order valence-corrected chi connectivity index (χ4v) is 2.34. The van der Waals surface area contributed by atoms with Gasteiger partial charge in [0.15, 0.2) is 0 Å². The highest BCUT2D eigenvalue weighted by Crippen LogP contribution is 2.22. The molecule has 0 radical (unpaired) electrons. The van der Waals surface area contributed by atoms with Gasteiger partial charge in [-0.2, -0.15) is 8.78 Å². The van der Waals surface area contributed by atoms with Crippen molar-refractivity contribution in [1.82, 2.24) is 10.2 Å². The molecule has 1 aromatic carbocycles. The zero-order valence-corrected chi connectivity index (χ0v) is 11.0. The number of benzene rings is 1. The third-order valence-corrected chi connectivity index (χ3v) is 3.47. The number of hydrogen-bond donors (Lipinski definition) is 1. The molecule has 1 unspecified atom stereocenters. The van der Waals surface area contributed by atoms with Crippen molar-refractivity contribution in [2.45, 2.75) is 31.4 Å². The summed E-state index contributed by atoms with van der Waals surface area (Å²) in [5, 5.41) is 2.55. The molecule has 1 aromatic rings. The third-order valence-electron chi connectivity index (χ3n) is 3.47. The van der Waals surface area contributed by atoms with Crippen LogP contribution in [0.4, 0.5) is 17.6 Å². The van der Waals surface area contributed by atoms with Gasteiger partial charge in [0, 0.05) is 25.7 Å². The van der Waals surface area contributed by atoms with Crippen LogP contribution in [0.25, 0.3) is 0 Å². The first-order valence-electron chi connectivity index (χ1n) is 6.63. The van der Waals surface area contributed by atoms with Crippen LogP contribution in [0.5, 0.6) is 0 Å². The van der Waals surface area contributed by atoms with Gasteiger partial charge in [0.1, 0.15) is 0 Å². The molecule has 112 valence electrons. The summed E-state index contributed by atoms with van der Waals surface area (Å²) in [5.41, 5.74) is 1.16. The van der Waals surface area contributed by atoms with E-state index in [0.29, 0.717) is 13.0 Å². The summed E-state index contributed by atoms with van der Waals surface area (Å²) in [5.74, 6) is -3.95. The number of nitrogens with one attached hydrogen (secondary N) is 1. The Labute approximate surface area is 115 Å². The lowest BCUT2D eigenvalue weighted by Gasteiger charge is -2.20. The molecule has 2 rings (SSSR count). The summed E-state index contributed by atoms with van der Waals surface area (Å²) in [6.45, 7) is 1.18. The number of alkyl halides is 4. The first-order valence-corrected chi connectivity index (χ1v) is 6.63. The highest BCUT2D eigenvalue weighted by atomic mass is 19.3. The molecular formula is C14H18F4N2. The van der Waals surface area contributed by atoms with Gasteiger partial charge in [-0.15, -0.1) is 0 Å². The summed E-state index contributed by atoms with van der Waals surface area (Å²) in [6, 6.07) is 9.69. The maximum absolute atomic E-state index is 12.8. The zero-order chi connectivity index (χ0) is 14.6. The Morgan fingerprint density at radius 2 is 1.95 bits per heavy atom. The smallest absolute Gasteiger partial charge is 0.307 e. The average molecular weight is 290 g/mol. The van der Waals surface area contributed by atoms with Gasteiger partial charge in [0.25, 0.3) is 0 Å². The van der Waals surface area contributed by atoms with Crippen molar-refractivity contribution in [3.05, 3.63) is 35.9 Å². The molecule has 2 nitrogen and oxygen atoms in total. The van der Waals surface area contributed by atoms with Crippen LogP contribution in [0.3, 0.4) is 0 Å². The normalized spacial score (nSPS) is 20.8. The molecule has 0 spiro atoms. The topological polar surface area (TPSA) is 15.3 Å². The van der Waals surface area contributed by atoms with Crippen molar-refractivity contribution in [1.29, 1.82) is 0 Å². The molecule has 1 aliphatic heterocycles. The van der Waals surface area contributed by atoms with E-state index in [1.807, 2.05) is 30.3 Å². The minimum atomic E-state index is -3.95. The van der Waals surface area contributed by atoms with Crippen LogP contribution in [-0.4, -0.2) is 42.9 Å². The molecule has 0 aromatic heterocycles. The molecule has 20 heavy (non-hydrogen) atoms. The van der Waals surface area contributed by atoms with E-state index >= 15 is 0 Å². The van der Waals surface area contributed by atoms with Crippen molar-refractivity contribution >= 4 is 0 Å². The lowest BCUT2D eigenvalue weighted by molar-refractivity contribution is -0.126. The summed E-state index contributed by atoms with van der Waals surface area (Å²) >= 11 is 0. The van der Waals surface area contributed by atoms with E-state index in [4.69, 9.17) is 0 Å². The highest BCUT2D eigenvalue weighted by Gasteiger charge is 2.41. The lowest BCUT2D eigenvalue weighted by atomic mass is 10.2. The molecule has 1 aliphatic rings. The predicted octanol–water partition coefficient (Wildman–Crippen LogP) is 2.75. The molecular weight excluding hydrogens is 272 g/mol. The van der Waals surface area contributed by atoms with Gasteiger partial charge < -0.3 is 5.32 Å². The van der Waals surface area contributed by atoms with E-state index in [1.165, 1.54) is 0 Å². The Hall–Kier alpha value is -1.14. The number of hydrogen-bond acceptors (Lipinski definition) is 2. The summed E-state index contributed by atoms with van der Waals surface area (Å²) < 4.78 is 49.7. The minimum Gasteiger partial charge on any atom is -0.307 e. The van der Waals surface area contributed by atoms with Gasteiger partial charge in [-0.05, 0) is 12.0 Å². The average Bonchev–Trinajstić information content (AvgIpc) is 2.85. The van der Waals surface area contributed by atoms with Crippen molar-refractivity contribution in [3.63, 3.8) is 0 Å². The summed E-state index contributed by atoms with van der Waals surface area (Å²) in [4.78, 5) is 2.13. The van der Waals surface area contributed by atoms with Crippen LogP contribution >= 0.6 is 0 Å². The standard InChI is InChI=1S/C14H18F4N2/c15-13(16)14(17,18)10-19-12-6-7-20(9-12)8-11-4-2-1-3-5-11/h1-5,12-13,19H,6-10H2. The van der Waals surface area contributed by atoms with Crippen LogP contribution in [0, 0.1) is 0 Å². The molecule has 1 fully saturated rings. The van der Waals surface area contributed by atoms with Gasteiger partial charge in [-0.3, -0.25) is 4.90 Å².